The molecule has 0 bridgehead atoms. The van der Waals surface area contributed by atoms with Crippen molar-refractivity contribution < 1.29 is 49.0 Å². The van der Waals surface area contributed by atoms with E-state index in [0.29, 0.717) is 31.6 Å². The summed E-state index contributed by atoms with van der Waals surface area (Å²) in [6.07, 6.45) is -1.84. The molecule has 2 saturated carbocycles. The van der Waals surface area contributed by atoms with Crippen LogP contribution in [0.5, 0.6) is 5.75 Å². The Hall–Kier alpha value is -2.69. The van der Waals surface area contributed by atoms with E-state index < -0.39 is 53.4 Å². The third-order valence-corrected chi connectivity index (χ3v) is 9.39. The highest BCUT2D eigenvalue weighted by molar-refractivity contribution is 5.32. The van der Waals surface area contributed by atoms with Crippen LogP contribution in [0.15, 0.2) is 49.1 Å². The Labute approximate surface area is 264 Å². The number of unbranched alkanes of at least 4 members (excludes halogenated alkanes) is 1. The number of rotatable bonds is 14. The number of aryl methyl sites for hydroxylation is 1. The lowest BCUT2D eigenvalue weighted by Gasteiger charge is -2.33. The molecule has 2 aliphatic carbocycles. The van der Waals surface area contributed by atoms with Crippen molar-refractivity contribution >= 4 is 0 Å². The number of allylic oxidation sites excluding steroid dienone is 1. The minimum Gasteiger partial charge on any atom is -0.432 e. The monoisotopic (exact) mass is 664 g/mol. The van der Waals surface area contributed by atoms with E-state index in [1.807, 2.05) is 0 Å². The second-order valence-electron chi connectivity index (χ2n) is 12.7. The smallest absolute Gasteiger partial charge is 0.422 e. The van der Waals surface area contributed by atoms with Crippen LogP contribution >= 0.6 is 0 Å². The van der Waals surface area contributed by atoms with Crippen LogP contribution in [0.4, 0.5) is 39.5 Å². The van der Waals surface area contributed by atoms with Crippen molar-refractivity contribution in [3.05, 3.63) is 77.4 Å². The van der Waals surface area contributed by atoms with Crippen molar-refractivity contribution in [3.8, 4) is 5.75 Å². The van der Waals surface area contributed by atoms with Gasteiger partial charge in [-0.2, -0.15) is 30.7 Å². The number of halogens is 9. The Balaban J connectivity index is 1.12. The molecule has 0 aliphatic heterocycles. The first-order valence-corrected chi connectivity index (χ1v) is 16.1. The maximum absolute atomic E-state index is 14.8. The van der Waals surface area contributed by atoms with Crippen molar-refractivity contribution in [1.82, 2.24) is 0 Å². The van der Waals surface area contributed by atoms with Gasteiger partial charge in [0.2, 0.25) is 0 Å². The lowest BCUT2D eigenvalue weighted by molar-refractivity contribution is -0.278. The first-order valence-electron chi connectivity index (χ1n) is 16.1. The molecular weight excluding hydrogens is 623 g/mol. The van der Waals surface area contributed by atoms with Gasteiger partial charge in [-0.25, -0.2) is 8.78 Å². The van der Waals surface area contributed by atoms with E-state index >= 15 is 0 Å². The zero-order chi connectivity index (χ0) is 33.5. The van der Waals surface area contributed by atoms with Crippen molar-refractivity contribution in [2.75, 3.05) is 0 Å². The fourth-order valence-corrected chi connectivity index (χ4v) is 6.72. The molecule has 0 unspecified atom stereocenters. The average Bonchev–Trinajstić information content (AvgIpc) is 2.98. The predicted octanol–water partition coefficient (Wildman–Crippen LogP) is 11.8. The van der Waals surface area contributed by atoms with Crippen LogP contribution in [0.25, 0.3) is 0 Å². The highest BCUT2D eigenvalue weighted by Gasteiger charge is 2.45. The molecule has 0 N–H and O–H groups in total. The Bertz CT molecular complexity index is 1240. The van der Waals surface area contributed by atoms with E-state index in [-0.39, 0.29) is 36.5 Å². The number of benzene rings is 2. The summed E-state index contributed by atoms with van der Waals surface area (Å²) in [7, 11) is 0. The molecule has 46 heavy (non-hydrogen) atoms. The second-order valence-corrected chi connectivity index (χ2v) is 12.7. The third-order valence-electron chi connectivity index (χ3n) is 9.39. The number of hydrogen-bond acceptors (Lipinski definition) is 2. The van der Waals surface area contributed by atoms with Crippen LogP contribution in [-0.4, -0.2) is 12.2 Å². The fourth-order valence-electron chi connectivity index (χ4n) is 6.72. The van der Waals surface area contributed by atoms with E-state index in [9.17, 15) is 39.5 Å². The standard InChI is InChI=1S/C35H41F9O2/c1-2-3-6-23-9-15-26(16-10-23)34(41,42)45-28-19-13-25(14-20-28)8-5-4-7-24-11-17-27(18-12-24)35(43,44)46-29-21-30(36)32(31(37)22-29)33(38,39)40/h2,9-10,15-16,21-22,24-25,27-28H,1,3-8,11-14,17-20H2. The third kappa shape index (κ3) is 9.91. The molecule has 0 heterocycles. The van der Waals surface area contributed by atoms with Crippen molar-refractivity contribution in [2.45, 2.75) is 114 Å². The summed E-state index contributed by atoms with van der Waals surface area (Å²) in [5.74, 6) is -5.55. The van der Waals surface area contributed by atoms with Gasteiger partial charge >= 0.3 is 18.4 Å². The van der Waals surface area contributed by atoms with Crippen LogP contribution in [-0.2, 0) is 23.4 Å². The lowest BCUT2D eigenvalue weighted by Crippen LogP contribution is -2.37. The summed E-state index contributed by atoms with van der Waals surface area (Å²) >= 11 is 0. The minimum atomic E-state index is -5.30. The maximum atomic E-state index is 14.8. The maximum Gasteiger partial charge on any atom is 0.422 e. The number of alkyl halides is 7. The van der Waals surface area contributed by atoms with Crippen LogP contribution < -0.4 is 4.74 Å². The van der Waals surface area contributed by atoms with E-state index in [2.05, 4.69) is 11.3 Å². The molecule has 2 aliphatic rings. The molecule has 4 rings (SSSR count). The Kier molecular flexibility index (Phi) is 12.2. The van der Waals surface area contributed by atoms with Crippen LogP contribution in [0, 0.1) is 29.4 Å². The topological polar surface area (TPSA) is 18.5 Å². The normalized spacial score (nSPS) is 22.9. The lowest BCUT2D eigenvalue weighted by atomic mass is 9.78. The molecule has 0 radical (unpaired) electrons. The summed E-state index contributed by atoms with van der Waals surface area (Å²) in [6, 6.07) is 6.50. The number of hydrogen-bond donors (Lipinski definition) is 0. The molecule has 0 saturated heterocycles. The molecule has 2 fully saturated rings. The summed E-state index contributed by atoms with van der Waals surface area (Å²) in [6.45, 7) is 3.67. The Morgan fingerprint density at radius 3 is 1.76 bits per heavy atom. The van der Waals surface area contributed by atoms with Gasteiger partial charge in [-0.1, -0.05) is 56.0 Å². The summed E-state index contributed by atoms with van der Waals surface area (Å²) in [5.41, 5.74) is -1.33. The van der Waals surface area contributed by atoms with Gasteiger partial charge in [0.1, 0.15) is 22.9 Å². The SMILES string of the molecule is C=CCCc1ccc(C(F)(F)OC2CCC(CCCCC3CCC(C(F)(F)Oc4cc(F)c(C(F)(F)F)c(F)c4)CC3)CC2)cc1. The van der Waals surface area contributed by atoms with E-state index in [4.69, 9.17) is 4.74 Å². The van der Waals surface area contributed by atoms with E-state index in [0.717, 1.165) is 56.9 Å². The van der Waals surface area contributed by atoms with Gasteiger partial charge in [-0.15, -0.1) is 6.58 Å². The molecule has 0 atom stereocenters. The van der Waals surface area contributed by atoms with Gasteiger partial charge in [0.25, 0.3) is 0 Å². The van der Waals surface area contributed by atoms with Crippen molar-refractivity contribution in [3.63, 3.8) is 0 Å². The minimum absolute atomic E-state index is 0.122. The van der Waals surface area contributed by atoms with Gasteiger partial charge in [0.05, 0.1) is 17.6 Å². The van der Waals surface area contributed by atoms with Crippen molar-refractivity contribution in [1.29, 1.82) is 0 Å². The number of ether oxygens (including phenoxy) is 2. The average molecular weight is 665 g/mol. The van der Waals surface area contributed by atoms with Gasteiger partial charge in [-0.05, 0) is 81.6 Å². The molecule has 2 aromatic carbocycles. The molecule has 11 heteroatoms. The first-order chi connectivity index (χ1) is 21.7. The van der Waals surface area contributed by atoms with Crippen LogP contribution in [0.2, 0.25) is 0 Å². The zero-order valence-electron chi connectivity index (χ0n) is 25.7. The quantitative estimate of drug-likeness (QED) is 0.114. The van der Waals surface area contributed by atoms with E-state index in [1.165, 1.54) is 12.1 Å². The molecule has 0 amide bonds. The summed E-state index contributed by atoms with van der Waals surface area (Å²) < 4.78 is 135. The van der Waals surface area contributed by atoms with Crippen molar-refractivity contribution in [2.24, 2.45) is 17.8 Å². The molecule has 0 aromatic heterocycles. The van der Waals surface area contributed by atoms with Gasteiger partial charge in [0, 0.05) is 12.1 Å². The molecular formula is C35H41F9O2. The Morgan fingerprint density at radius 2 is 1.26 bits per heavy atom. The fraction of sp³-hybridized carbons (Fsp3) is 0.600. The molecule has 0 spiro atoms. The predicted molar refractivity (Wildman–Crippen MR) is 157 cm³/mol. The molecule has 256 valence electrons. The van der Waals surface area contributed by atoms with Crippen LogP contribution in [0.1, 0.15) is 100 Å². The van der Waals surface area contributed by atoms with Crippen LogP contribution in [0.3, 0.4) is 0 Å². The highest BCUT2D eigenvalue weighted by atomic mass is 19.4. The van der Waals surface area contributed by atoms with E-state index in [1.54, 1.807) is 18.2 Å². The Morgan fingerprint density at radius 1 is 0.739 bits per heavy atom. The zero-order valence-corrected chi connectivity index (χ0v) is 25.7. The summed E-state index contributed by atoms with van der Waals surface area (Å²) in [4.78, 5) is 0. The highest BCUT2D eigenvalue weighted by Crippen LogP contribution is 2.43. The summed E-state index contributed by atoms with van der Waals surface area (Å²) in [5, 5.41) is 0. The molecule has 2 nitrogen and oxygen atoms in total. The first kappa shape index (κ1) is 36.2. The van der Waals surface area contributed by atoms with Gasteiger partial charge in [-0.3, -0.25) is 0 Å². The molecule has 2 aromatic rings. The second kappa shape index (κ2) is 15.5. The van der Waals surface area contributed by atoms with Gasteiger partial charge in [0.15, 0.2) is 0 Å². The largest absolute Gasteiger partial charge is 0.432 e. The van der Waals surface area contributed by atoms with Gasteiger partial charge < -0.3 is 9.47 Å².